The van der Waals surface area contributed by atoms with E-state index in [2.05, 4.69) is 6.92 Å². The highest BCUT2D eigenvalue weighted by Gasteiger charge is 2.54. The highest BCUT2D eigenvalue weighted by atomic mass is 16.6. The summed E-state index contributed by atoms with van der Waals surface area (Å²) >= 11 is 0. The number of nitrogens with zero attached hydrogens (tertiary/aromatic N) is 1. The molecule has 0 N–H and O–H groups in total. The molecule has 9 nitrogen and oxygen atoms in total. The van der Waals surface area contributed by atoms with Crippen molar-refractivity contribution in [2.24, 2.45) is 11.8 Å². The average Bonchev–Trinajstić information content (AvgIpc) is 3.61. The SMILES string of the molecule is CC[C@@H](COCCCc1ccc([C@@H](OC(C)=O)[C@H](Cc2ccccc2)C(=O)N2C(=O)OC(C)(C)[C@@H]2C(C)C)o1)OCc1ccccc1. The number of cyclic esters (lactones) is 1. The molecule has 0 bridgehead atoms. The summed E-state index contributed by atoms with van der Waals surface area (Å²) in [4.78, 5) is 41.2. The molecule has 1 saturated heterocycles. The summed E-state index contributed by atoms with van der Waals surface area (Å²) in [6.45, 7) is 12.5. The molecule has 2 amide bonds. The molecule has 9 heteroatoms. The maximum Gasteiger partial charge on any atom is 0.417 e. The van der Waals surface area contributed by atoms with Gasteiger partial charge in [-0.1, -0.05) is 81.4 Å². The number of carbonyl (C=O) groups excluding carboxylic acids is 3. The minimum absolute atomic E-state index is 0.00255. The molecule has 0 unspecified atom stereocenters. The molecule has 0 saturated carbocycles. The molecule has 0 radical (unpaired) electrons. The van der Waals surface area contributed by atoms with Crippen LogP contribution in [0.2, 0.25) is 0 Å². The zero-order valence-electron chi connectivity index (χ0n) is 28.5. The lowest BCUT2D eigenvalue weighted by molar-refractivity contribution is -0.156. The van der Waals surface area contributed by atoms with E-state index in [4.69, 9.17) is 23.4 Å². The second kappa shape index (κ2) is 16.7. The summed E-state index contributed by atoms with van der Waals surface area (Å²) in [5.74, 6) is -1.00. The molecule has 3 aromatic rings. The fourth-order valence-corrected chi connectivity index (χ4v) is 6.29. The number of carbonyl (C=O) groups is 3. The number of ether oxygens (including phenoxy) is 4. The van der Waals surface area contributed by atoms with Gasteiger partial charge in [0.1, 0.15) is 17.1 Å². The van der Waals surface area contributed by atoms with Crippen LogP contribution in [-0.2, 0) is 48.0 Å². The Hall–Kier alpha value is -3.95. The van der Waals surface area contributed by atoms with Crippen LogP contribution >= 0.6 is 0 Å². The van der Waals surface area contributed by atoms with Crippen LogP contribution in [0.3, 0.4) is 0 Å². The van der Waals surface area contributed by atoms with Crippen molar-refractivity contribution in [1.29, 1.82) is 0 Å². The van der Waals surface area contributed by atoms with Gasteiger partial charge >= 0.3 is 12.1 Å². The zero-order chi connectivity index (χ0) is 34.0. The third-order valence-electron chi connectivity index (χ3n) is 8.44. The summed E-state index contributed by atoms with van der Waals surface area (Å²) in [7, 11) is 0. The van der Waals surface area contributed by atoms with E-state index in [-0.39, 0.29) is 18.4 Å². The summed E-state index contributed by atoms with van der Waals surface area (Å²) in [6.07, 6.45) is 0.616. The maximum absolute atomic E-state index is 14.4. The van der Waals surface area contributed by atoms with Crippen LogP contribution in [0, 0.1) is 11.8 Å². The monoisotopic (exact) mass is 647 g/mol. The van der Waals surface area contributed by atoms with Crippen molar-refractivity contribution >= 4 is 18.0 Å². The van der Waals surface area contributed by atoms with E-state index in [1.54, 1.807) is 19.9 Å². The predicted octanol–water partition coefficient (Wildman–Crippen LogP) is 7.47. The summed E-state index contributed by atoms with van der Waals surface area (Å²) in [5.41, 5.74) is 1.11. The third kappa shape index (κ3) is 9.78. The standard InChI is InChI=1S/C38H49NO8/c1-7-30(44-24-29-17-12-9-13-18-29)25-43-22-14-19-31-20-21-33(46-31)34(45-27(4)40)32(23-28-15-10-8-11-16-28)36(41)39-35(26(2)3)38(5,6)47-37(39)42/h8-13,15-18,20-21,26,30,32,34-35H,7,14,19,22-25H2,1-6H3/t30-,32-,34-,35-/m0/s1. The molecule has 1 aromatic heterocycles. The second-order valence-corrected chi connectivity index (χ2v) is 13.0. The van der Waals surface area contributed by atoms with Gasteiger partial charge in [0.25, 0.3) is 0 Å². The Morgan fingerprint density at radius 1 is 0.957 bits per heavy atom. The topological polar surface area (TPSA) is 105 Å². The Kier molecular flexibility index (Phi) is 12.8. The van der Waals surface area contributed by atoms with Gasteiger partial charge in [0, 0.05) is 20.0 Å². The highest BCUT2D eigenvalue weighted by Crippen LogP contribution is 2.39. The van der Waals surface area contributed by atoms with Gasteiger partial charge in [-0.2, -0.15) is 0 Å². The Morgan fingerprint density at radius 3 is 2.23 bits per heavy atom. The van der Waals surface area contributed by atoms with Gasteiger partial charge in [-0.05, 0) is 62.3 Å². The molecular formula is C38H49NO8. The number of imide groups is 1. The average molecular weight is 648 g/mol. The van der Waals surface area contributed by atoms with E-state index >= 15 is 0 Å². The Morgan fingerprint density at radius 2 is 1.62 bits per heavy atom. The maximum atomic E-state index is 14.4. The minimum atomic E-state index is -1.05. The smallest absolute Gasteiger partial charge is 0.417 e. The zero-order valence-corrected chi connectivity index (χ0v) is 28.5. The number of amides is 2. The first-order valence-electron chi connectivity index (χ1n) is 16.6. The molecule has 2 aromatic carbocycles. The molecule has 1 fully saturated rings. The van der Waals surface area contributed by atoms with Gasteiger partial charge in [0.05, 0.1) is 31.3 Å². The number of benzene rings is 2. The molecule has 0 spiro atoms. The molecule has 254 valence electrons. The molecule has 1 aliphatic heterocycles. The van der Waals surface area contributed by atoms with E-state index in [0.29, 0.717) is 44.2 Å². The fraction of sp³-hybridized carbons (Fsp3) is 0.500. The van der Waals surface area contributed by atoms with Crippen molar-refractivity contribution < 1.29 is 37.7 Å². The van der Waals surface area contributed by atoms with Crippen LogP contribution in [0.15, 0.2) is 77.2 Å². The second-order valence-electron chi connectivity index (χ2n) is 13.0. The van der Waals surface area contributed by atoms with Crippen molar-refractivity contribution in [2.45, 2.75) is 97.7 Å². The number of rotatable bonds is 17. The Labute approximate surface area is 278 Å². The van der Waals surface area contributed by atoms with Gasteiger partial charge in [-0.3, -0.25) is 9.59 Å². The van der Waals surface area contributed by atoms with Crippen molar-refractivity contribution in [1.82, 2.24) is 4.90 Å². The quantitative estimate of drug-likeness (QED) is 0.110. The molecule has 2 heterocycles. The molecule has 0 aliphatic carbocycles. The van der Waals surface area contributed by atoms with Gasteiger partial charge in [-0.25, -0.2) is 9.69 Å². The summed E-state index contributed by atoms with van der Waals surface area (Å²) < 4.78 is 29.6. The number of furan rings is 1. The normalized spacial score (nSPS) is 17.7. The van der Waals surface area contributed by atoms with Crippen molar-refractivity contribution in [3.05, 3.63) is 95.4 Å². The van der Waals surface area contributed by atoms with E-state index in [9.17, 15) is 14.4 Å². The first-order chi connectivity index (χ1) is 22.5. The number of aryl methyl sites for hydroxylation is 1. The Balaban J connectivity index is 1.45. The lowest BCUT2D eigenvalue weighted by Gasteiger charge is -2.34. The van der Waals surface area contributed by atoms with Crippen molar-refractivity contribution in [2.75, 3.05) is 13.2 Å². The van der Waals surface area contributed by atoms with Crippen molar-refractivity contribution in [3.63, 3.8) is 0 Å². The molecule has 4 atom stereocenters. The van der Waals surface area contributed by atoms with Gasteiger partial charge in [-0.15, -0.1) is 0 Å². The van der Waals surface area contributed by atoms with Crippen LogP contribution in [0.25, 0.3) is 0 Å². The highest BCUT2D eigenvalue weighted by molar-refractivity contribution is 5.96. The fourth-order valence-electron chi connectivity index (χ4n) is 6.29. The van der Waals surface area contributed by atoms with Crippen LogP contribution in [0.4, 0.5) is 4.79 Å². The summed E-state index contributed by atoms with van der Waals surface area (Å²) in [6, 6.07) is 22.6. The van der Waals surface area contributed by atoms with Crippen molar-refractivity contribution in [3.8, 4) is 0 Å². The van der Waals surface area contributed by atoms with E-state index in [1.165, 1.54) is 11.8 Å². The third-order valence-corrected chi connectivity index (χ3v) is 8.44. The van der Waals surface area contributed by atoms with E-state index in [1.807, 2.05) is 80.6 Å². The molecule has 47 heavy (non-hydrogen) atoms. The van der Waals surface area contributed by atoms with Crippen LogP contribution < -0.4 is 0 Å². The van der Waals surface area contributed by atoms with Gasteiger partial charge < -0.3 is 23.4 Å². The number of esters is 1. The number of hydrogen-bond donors (Lipinski definition) is 0. The lowest BCUT2D eigenvalue weighted by Crippen LogP contribution is -2.51. The predicted molar refractivity (Wildman–Crippen MR) is 177 cm³/mol. The first kappa shape index (κ1) is 35.9. The van der Waals surface area contributed by atoms with Gasteiger partial charge in [0.2, 0.25) is 5.91 Å². The molecule has 1 aliphatic rings. The lowest BCUT2D eigenvalue weighted by atomic mass is 9.86. The molecule has 4 rings (SSSR count). The summed E-state index contributed by atoms with van der Waals surface area (Å²) in [5, 5.41) is 0. The van der Waals surface area contributed by atoms with Crippen LogP contribution in [-0.4, -0.2) is 53.8 Å². The van der Waals surface area contributed by atoms with Gasteiger partial charge in [0.15, 0.2) is 6.10 Å². The minimum Gasteiger partial charge on any atom is -0.462 e. The van der Waals surface area contributed by atoms with Crippen LogP contribution in [0.5, 0.6) is 0 Å². The largest absolute Gasteiger partial charge is 0.462 e. The Bertz CT molecular complexity index is 1430. The number of hydrogen-bond acceptors (Lipinski definition) is 8. The van der Waals surface area contributed by atoms with E-state index in [0.717, 1.165) is 17.5 Å². The first-order valence-corrected chi connectivity index (χ1v) is 16.6. The van der Waals surface area contributed by atoms with E-state index < -0.39 is 41.6 Å². The molecular weight excluding hydrogens is 598 g/mol. The van der Waals surface area contributed by atoms with Crippen LogP contribution in [0.1, 0.15) is 83.1 Å².